The molecule has 0 aliphatic heterocycles. The van der Waals surface area contributed by atoms with Gasteiger partial charge in [0.05, 0.1) is 4.99 Å². The van der Waals surface area contributed by atoms with Gasteiger partial charge in [0.1, 0.15) is 0 Å². The van der Waals surface area contributed by atoms with E-state index in [0.717, 1.165) is 4.47 Å². The third-order valence-electron chi connectivity index (χ3n) is 0.970. The Morgan fingerprint density at radius 1 is 1.80 bits per heavy atom. The van der Waals surface area contributed by atoms with E-state index in [-0.39, 0.29) is 0 Å². The standard InChI is InChI=1S/C6H6BrNS2/c7-4-1-5(10-3-4)2-6(8)9/h1,3H,2H2,(H2,8,9). The average molecular weight is 236 g/mol. The summed E-state index contributed by atoms with van der Waals surface area (Å²) in [7, 11) is 0. The molecular weight excluding hydrogens is 230 g/mol. The monoisotopic (exact) mass is 235 g/mol. The van der Waals surface area contributed by atoms with Gasteiger partial charge in [0.25, 0.3) is 0 Å². The molecule has 0 bridgehead atoms. The molecule has 0 saturated heterocycles. The van der Waals surface area contributed by atoms with Crippen LogP contribution < -0.4 is 5.73 Å². The molecular formula is C6H6BrNS2. The van der Waals surface area contributed by atoms with Crippen LogP contribution in [0.25, 0.3) is 0 Å². The van der Waals surface area contributed by atoms with Crippen LogP contribution >= 0.6 is 39.5 Å². The minimum Gasteiger partial charge on any atom is -0.393 e. The number of nitrogens with two attached hydrogens (primary N) is 1. The molecule has 1 nitrogen and oxygen atoms in total. The maximum Gasteiger partial charge on any atom is 0.0780 e. The maximum atomic E-state index is 5.36. The van der Waals surface area contributed by atoms with Crippen molar-refractivity contribution in [1.29, 1.82) is 0 Å². The van der Waals surface area contributed by atoms with Gasteiger partial charge in [-0.15, -0.1) is 11.3 Å². The molecule has 0 amide bonds. The molecule has 0 aliphatic carbocycles. The van der Waals surface area contributed by atoms with E-state index in [1.165, 1.54) is 4.88 Å². The summed E-state index contributed by atoms with van der Waals surface area (Å²) in [6.45, 7) is 0. The van der Waals surface area contributed by atoms with Crippen molar-refractivity contribution >= 4 is 44.5 Å². The van der Waals surface area contributed by atoms with Crippen molar-refractivity contribution in [1.82, 2.24) is 0 Å². The molecule has 54 valence electrons. The highest BCUT2D eigenvalue weighted by Gasteiger charge is 1.97. The smallest absolute Gasteiger partial charge is 0.0780 e. The van der Waals surface area contributed by atoms with E-state index in [4.69, 9.17) is 18.0 Å². The summed E-state index contributed by atoms with van der Waals surface area (Å²) in [6, 6.07) is 2.03. The van der Waals surface area contributed by atoms with Gasteiger partial charge in [0.15, 0.2) is 0 Å². The lowest BCUT2D eigenvalue weighted by atomic mass is 10.3. The highest BCUT2D eigenvalue weighted by atomic mass is 79.9. The van der Waals surface area contributed by atoms with E-state index in [9.17, 15) is 0 Å². The van der Waals surface area contributed by atoms with Gasteiger partial charge in [-0.25, -0.2) is 0 Å². The fraction of sp³-hybridized carbons (Fsp3) is 0.167. The quantitative estimate of drug-likeness (QED) is 0.797. The molecule has 1 rings (SSSR count). The van der Waals surface area contributed by atoms with Crippen molar-refractivity contribution < 1.29 is 0 Å². The summed E-state index contributed by atoms with van der Waals surface area (Å²) < 4.78 is 1.10. The van der Waals surface area contributed by atoms with E-state index in [0.29, 0.717) is 11.4 Å². The Balaban J connectivity index is 2.67. The fourth-order valence-electron chi connectivity index (χ4n) is 0.618. The molecule has 0 atom stereocenters. The van der Waals surface area contributed by atoms with Crippen LogP contribution in [0.5, 0.6) is 0 Å². The van der Waals surface area contributed by atoms with Crippen molar-refractivity contribution in [2.75, 3.05) is 0 Å². The maximum absolute atomic E-state index is 5.36. The lowest BCUT2D eigenvalue weighted by Crippen LogP contribution is -2.09. The van der Waals surface area contributed by atoms with E-state index < -0.39 is 0 Å². The summed E-state index contributed by atoms with van der Waals surface area (Å²) in [5, 5.41) is 2.02. The van der Waals surface area contributed by atoms with Crippen molar-refractivity contribution in [2.45, 2.75) is 6.42 Å². The summed E-state index contributed by atoms with van der Waals surface area (Å²) in [5.41, 5.74) is 5.36. The molecule has 0 unspecified atom stereocenters. The van der Waals surface area contributed by atoms with Crippen LogP contribution in [0, 0.1) is 0 Å². The van der Waals surface area contributed by atoms with Gasteiger partial charge >= 0.3 is 0 Å². The zero-order valence-electron chi connectivity index (χ0n) is 5.13. The molecule has 0 aromatic carbocycles. The molecule has 0 fully saturated rings. The molecule has 0 spiro atoms. The van der Waals surface area contributed by atoms with Gasteiger partial charge < -0.3 is 5.73 Å². The first kappa shape index (κ1) is 8.17. The number of thiophene rings is 1. The molecule has 4 heteroatoms. The summed E-state index contributed by atoms with van der Waals surface area (Å²) >= 11 is 9.77. The average Bonchev–Trinajstić information content (AvgIpc) is 2.13. The van der Waals surface area contributed by atoms with E-state index in [1.807, 2.05) is 11.4 Å². The van der Waals surface area contributed by atoms with Gasteiger partial charge in [-0.1, -0.05) is 12.2 Å². The van der Waals surface area contributed by atoms with Crippen molar-refractivity contribution in [2.24, 2.45) is 5.73 Å². The van der Waals surface area contributed by atoms with Crippen molar-refractivity contribution in [3.8, 4) is 0 Å². The van der Waals surface area contributed by atoms with Gasteiger partial charge in [0.2, 0.25) is 0 Å². The van der Waals surface area contributed by atoms with Crippen molar-refractivity contribution in [3.63, 3.8) is 0 Å². The molecule has 2 N–H and O–H groups in total. The van der Waals surface area contributed by atoms with Crippen LogP contribution in [0.15, 0.2) is 15.9 Å². The molecule has 0 aliphatic rings. The topological polar surface area (TPSA) is 26.0 Å². The minimum absolute atomic E-state index is 0.550. The summed E-state index contributed by atoms with van der Waals surface area (Å²) in [4.78, 5) is 1.76. The highest BCUT2D eigenvalue weighted by molar-refractivity contribution is 9.10. The third kappa shape index (κ3) is 2.36. The largest absolute Gasteiger partial charge is 0.393 e. The van der Waals surface area contributed by atoms with E-state index in [1.54, 1.807) is 11.3 Å². The Kier molecular flexibility index (Phi) is 2.82. The molecule has 1 aromatic rings. The SMILES string of the molecule is NC(=S)Cc1cc(Br)cs1. The van der Waals surface area contributed by atoms with Gasteiger partial charge in [-0.2, -0.15) is 0 Å². The molecule has 1 aromatic heterocycles. The Bertz CT molecular complexity index is 244. The number of thiocarbonyl (C=S) groups is 1. The first-order valence-corrected chi connectivity index (χ1v) is 4.78. The van der Waals surface area contributed by atoms with Gasteiger partial charge in [-0.05, 0) is 22.0 Å². The Hall–Kier alpha value is 0.0700. The number of rotatable bonds is 2. The lowest BCUT2D eigenvalue weighted by Gasteiger charge is -1.90. The second kappa shape index (κ2) is 3.46. The Labute approximate surface area is 77.4 Å². The van der Waals surface area contributed by atoms with Crippen LogP contribution in [0.2, 0.25) is 0 Å². The summed E-state index contributed by atoms with van der Waals surface area (Å²) in [5.74, 6) is 0. The number of hydrogen-bond donors (Lipinski definition) is 1. The Morgan fingerprint density at radius 3 is 2.90 bits per heavy atom. The number of halogens is 1. The van der Waals surface area contributed by atoms with E-state index >= 15 is 0 Å². The second-order valence-electron chi connectivity index (χ2n) is 1.87. The predicted molar refractivity (Wildman–Crippen MR) is 52.5 cm³/mol. The summed E-state index contributed by atoms with van der Waals surface area (Å²) in [6.07, 6.45) is 0.714. The van der Waals surface area contributed by atoms with Gasteiger partial charge in [-0.3, -0.25) is 0 Å². The zero-order valence-corrected chi connectivity index (χ0v) is 8.35. The second-order valence-corrected chi connectivity index (χ2v) is 4.31. The van der Waals surface area contributed by atoms with Crippen molar-refractivity contribution in [3.05, 3.63) is 20.8 Å². The number of hydrogen-bond acceptors (Lipinski definition) is 2. The van der Waals surface area contributed by atoms with Crippen LogP contribution in [0.1, 0.15) is 4.88 Å². The normalized spacial score (nSPS) is 9.70. The molecule has 1 heterocycles. The molecule has 0 saturated carbocycles. The molecule has 10 heavy (non-hydrogen) atoms. The highest BCUT2D eigenvalue weighted by Crippen LogP contribution is 2.19. The van der Waals surface area contributed by atoms with Crippen LogP contribution in [-0.4, -0.2) is 4.99 Å². The predicted octanol–water partition coefficient (Wildman–Crippen LogP) is 2.34. The van der Waals surface area contributed by atoms with Crippen LogP contribution in [-0.2, 0) is 6.42 Å². The van der Waals surface area contributed by atoms with E-state index in [2.05, 4.69) is 15.9 Å². The fourth-order valence-corrected chi connectivity index (χ4v) is 2.34. The lowest BCUT2D eigenvalue weighted by molar-refractivity contribution is 1.41. The minimum atomic E-state index is 0.550. The first-order chi connectivity index (χ1) is 4.68. The van der Waals surface area contributed by atoms with Gasteiger partial charge in [0, 0.05) is 21.2 Å². The molecule has 0 radical (unpaired) electrons. The first-order valence-electron chi connectivity index (χ1n) is 2.69. The Morgan fingerprint density at radius 2 is 2.50 bits per heavy atom. The third-order valence-corrected chi connectivity index (χ3v) is 2.81. The zero-order chi connectivity index (χ0) is 7.56. The van der Waals surface area contributed by atoms with Crippen LogP contribution in [0.4, 0.5) is 0 Å². The van der Waals surface area contributed by atoms with Crippen LogP contribution in [0.3, 0.4) is 0 Å².